The molecule has 4 nitrogen and oxygen atoms in total. The summed E-state index contributed by atoms with van der Waals surface area (Å²) in [7, 11) is 0.440. The molecule has 0 aromatic carbocycles. The van der Waals surface area contributed by atoms with Crippen LogP contribution in [-0.2, 0) is 14.3 Å². The zero-order valence-electron chi connectivity index (χ0n) is 27.3. The molecule has 0 saturated heterocycles. The monoisotopic (exact) mass is 576 g/mol. The van der Waals surface area contributed by atoms with Gasteiger partial charge in [0.15, 0.2) is 0 Å². The quantitative estimate of drug-likeness (QED) is 0.0659. The van der Waals surface area contributed by atoms with E-state index in [-0.39, 0.29) is 5.75 Å². The summed E-state index contributed by atoms with van der Waals surface area (Å²) in [6, 6.07) is 0. The van der Waals surface area contributed by atoms with E-state index in [4.69, 9.17) is 4.18 Å². The van der Waals surface area contributed by atoms with Crippen molar-refractivity contribution in [2.75, 3.05) is 26.5 Å². The Labute approximate surface area is 247 Å². The average molecular weight is 576 g/mol. The van der Waals surface area contributed by atoms with Crippen LogP contribution in [0.4, 0.5) is 0 Å². The summed E-state index contributed by atoms with van der Waals surface area (Å²) in [5.41, 5.74) is 0. The third-order valence-electron chi connectivity index (χ3n) is 7.51. The number of hydrogen-bond donors (Lipinski definition) is 1. The highest BCUT2D eigenvalue weighted by molar-refractivity contribution is 7.86. The Morgan fingerprint density at radius 3 is 0.923 bits per heavy atom. The lowest BCUT2D eigenvalue weighted by molar-refractivity contribution is 0.305. The molecule has 0 amide bonds. The Morgan fingerprint density at radius 2 is 0.641 bits per heavy atom. The van der Waals surface area contributed by atoms with Gasteiger partial charge in [-0.2, -0.15) is 8.42 Å². The molecule has 0 atom stereocenters. The SMILES string of the molecule is CCCCCCCCCCCCCCCCCCCCCOS(=O)(=O)CCCCCCCCCCC.CNC. The second kappa shape index (κ2) is 35.9. The van der Waals surface area contributed by atoms with E-state index in [2.05, 4.69) is 19.2 Å². The molecule has 0 aliphatic heterocycles. The Morgan fingerprint density at radius 1 is 0.410 bits per heavy atom. The molecule has 0 aromatic rings. The molecule has 0 heterocycles. The summed E-state index contributed by atoms with van der Waals surface area (Å²) in [6.45, 7) is 4.90. The standard InChI is InChI=1S/C32H66O3S.C2H7N/c1-3-5-7-9-11-13-14-15-16-17-18-19-20-21-22-23-25-27-29-31-35-36(33,34)32-30-28-26-24-12-10-8-6-4-2;1-3-2/h3-32H2,1-2H3;3H,1-2H3. The highest BCUT2D eigenvalue weighted by Crippen LogP contribution is 2.15. The summed E-state index contributed by atoms with van der Waals surface area (Å²) < 4.78 is 29.2. The molecule has 0 rings (SSSR count). The van der Waals surface area contributed by atoms with Gasteiger partial charge in [-0.05, 0) is 26.9 Å². The van der Waals surface area contributed by atoms with Crippen LogP contribution in [0.2, 0.25) is 0 Å². The molecule has 238 valence electrons. The van der Waals surface area contributed by atoms with Gasteiger partial charge in [0.05, 0.1) is 12.4 Å². The van der Waals surface area contributed by atoms with Crippen LogP contribution < -0.4 is 5.32 Å². The van der Waals surface area contributed by atoms with Crippen LogP contribution in [0.5, 0.6) is 0 Å². The van der Waals surface area contributed by atoms with Gasteiger partial charge in [-0.15, -0.1) is 0 Å². The zero-order chi connectivity index (χ0) is 29.1. The Balaban J connectivity index is 0. The van der Waals surface area contributed by atoms with Crippen LogP contribution in [-0.4, -0.2) is 34.9 Å². The van der Waals surface area contributed by atoms with Crippen molar-refractivity contribution >= 4 is 10.1 Å². The first-order valence-electron chi connectivity index (χ1n) is 17.5. The van der Waals surface area contributed by atoms with Crippen LogP contribution in [0.3, 0.4) is 0 Å². The van der Waals surface area contributed by atoms with E-state index in [0.29, 0.717) is 6.61 Å². The average Bonchev–Trinajstić information content (AvgIpc) is 2.91. The highest BCUT2D eigenvalue weighted by atomic mass is 32.2. The fourth-order valence-corrected chi connectivity index (χ4v) is 6.06. The molecule has 0 unspecified atom stereocenters. The van der Waals surface area contributed by atoms with E-state index in [1.54, 1.807) is 0 Å². The maximum Gasteiger partial charge on any atom is 0.267 e. The van der Waals surface area contributed by atoms with Crippen molar-refractivity contribution in [3.63, 3.8) is 0 Å². The van der Waals surface area contributed by atoms with E-state index in [0.717, 1.165) is 32.1 Å². The summed E-state index contributed by atoms with van der Waals surface area (Å²) in [4.78, 5) is 0. The van der Waals surface area contributed by atoms with E-state index in [9.17, 15) is 8.42 Å². The van der Waals surface area contributed by atoms with Gasteiger partial charge in [-0.1, -0.05) is 181 Å². The van der Waals surface area contributed by atoms with Crippen LogP contribution in [0.15, 0.2) is 0 Å². The van der Waals surface area contributed by atoms with Crippen molar-refractivity contribution in [3.05, 3.63) is 0 Å². The van der Waals surface area contributed by atoms with Gasteiger partial charge in [0, 0.05) is 0 Å². The Hall–Kier alpha value is -0.130. The van der Waals surface area contributed by atoms with Crippen molar-refractivity contribution in [2.45, 2.75) is 194 Å². The van der Waals surface area contributed by atoms with E-state index >= 15 is 0 Å². The van der Waals surface area contributed by atoms with Gasteiger partial charge in [0.25, 0.3) is 10.1 Å². The molecule has 0 radical (unpaired) electrons. The molecule has 1 N–H and O–H groups in total. The molecule has 0 aromatic heterocycles. The van der Waals surface area contributed by atoms with Gasteiger partial charge in [0.1, 0.15) is 0 Å². The first-order valence-corrected chi connectivity index (χ1v) is 19.1. The molecule has 0 bridgehead atoms. The van der Waals surface area contributed by atoms with Gasteiger partial charge >= 0.3 is 0 Å². The molecule has 0 aliphatic rings. The van der Waals surface area contributed by atoms with Gasteiger partial charge < -0.3 is 5.32 Å². The van der Waals surface area contributed by atoms with Crippen molar-refractivity contribution < 1.29 is 12.6 Å². The molecule has 0 saturated carbocycles. The lowest BCUT2D eigenvalue weighted by Crippen LogP contribution is -2.11. The molecule has 39 heavy (non-hydrogen) atoms. The van der Waals surface area contributed by atoms with Crippen LogP contribution in [0.1, 0.15) is 194 Å². The lowest BCUT2D eigenvalue weighted by Gasteiger charge is -2.06. The largest absolute Gasteiger partial charge is 0.323 e. The smallest absolute Gasteiger partial charge is 0.267 e. The Kier molecular flexibility index (Phi) is 37.7. The number of unbranched alkanes of at least 4 members (excludes halogenated alkanes) is 26. The van der Waals surface area contributed by atoms with Crippen molar-refractivity contribution in [1.82, 2.24) is 5.32 Å². The minimum absolute atomic E-state index is 0.196. The second-order valence-corrected chi connectivity index (χ2v) is 13.5. The van der Waals surface area contributed by atoms with E-state index in [1.165, 1.54) is 148 Å². The molecule has 0 spiro atoms. The molecular formula is C34H73NO3S. The minimum Gasteiger partial charge on any atom is -0.323 e. The zero-order valence-corrected chi connectivity index (χ0v) is 28.2. The number of nitrogens with one attached hydrogen (secondary N) is 1. The van der Waals surface area contributed by atoms with Crippen LogP contribution >= 0.6 is 0 Å². The van der Waals surface area contributed by atoms with Crippen LogP contribution in [0.25, 0.3) is 0 Å². The first kappa shape index (κ1) is 41.0. The van der Waals surface area contributed by atoms with Gasteiger partial charge in [-0.25, -0.2) is 0 Å². The van der Waals surface area contributed by atoms with Crippen LogP contribution in [0, 0.1) is 0 Å². The van der Waals surface area contributed by atoms with E-state index < -0.39 is 10.1 Å². The van der Waals surface area contributed by atoms with Crippen molar-refractivity contribution in [2.24, 2.45) is 0 Å². The van der Waals surface area contributed by atoms with Gasteiger partial charge in [0.2, 0.25) is 0 Å². The molecule has 5 heteroatoms. The molecule has 0 fully saturated rings. The second-order valence-electron chi connectivity index (χ2n) is 11.8. The third-order valence-corrected chi connectivity index (χ3v) is 8.82. The lowest BCUT2D eigenvalue weighted by atomic mass is 10.0. The number of hydrogen-bond acceptors (Lipinski definition) is 4. The predicted molar refractivity (Wildman–Crippen MR) is 175 cm³/mol. The maximum absolute atomic E-state index is 12.0. The predicted octanol–water partition coefficient (Wildman–Crippen LogP) is 11.1. The molecule has 0 aliphatic carbocycles. The third kappa shape index (κ3) is 40.1. The first-order chi connectivity index (χ1) is 19.0. The highest BCUT2D eigenvalue weighted by Gasteiger charge is 2.10. The summed E-state index contributed by atoms with van der Waals surface area (Å²) in [6.07, 6.45) is 36.4. The minimum atomic E-state index is -3.31. The Bertz CT molecular complexity index is 525. The van der Waals surface area contributed by atoms with Gasteiger partial charge in [-0.3, -0.25) is 4.18 Å². The normalized spacial score (nSPS) is 11.5. The van der Waals surface area contributed by atoms with Crippen molar-refractivity contribution in [3.8, 4) is 0 Å². The number of rotatable bonds is 31. The molecular weight excluding hydrogens is 502 g/mol. The summed E-state index contributed by atoms with van der Waals surface area (Å²) >= 11 is 0. The summed E-state index contributed by atoms with van der Waals surface area (Å²) in [5.74, 6) is 0.196. The fourth-order valence-electron chi connectivity index (χ4n) is 5.01. The summed E-state index contributed by atoms with van der Waals surface area (Å²) in [5, 5.41) is 2.75. The maximum atomic E-state index is 12.0. The fraction of sp³-hybridized carbons (Fsp3) is 1.00. The topological polar surface area (TPSA) is 55.4 Å². The van der Waals surface area contributed by atoms with Crippen molar-refractivity contribution in [1.29, 1.82) is 0 Å². The van der Waals surface area contributed by atoms with E-state index in [1.807, 2.05) is 14.1 Å².